The lowest BCUT2D eigenvalue weighted by Gasteiger charge is -2.23. The zero-order valence-corrected chi connectivity index (χ0v) is 19.7. The van der Waals surface area contributed by atoms with E-state index < -0.39 is 17.4 Å². The predicted octanol–water partition coefficient (Wildman–Crippen LogP) is 4.69. The minimum atomic E-state index is -0.476. The monoisotopic (exact) mass is 453 g/mol. The van der Waals surface area contributed by atoms with Crippen LogP contribution in [0, 0.1) is 6.92 Å². The number of nitrogen functional groups attached to an aromatic ring is 1. The van der Waals surface area contributed by atoms with Crippen LogP contribution in [0.15, 0.2) is 42.6 Å². The average molecular weight is 454 g/mol. The van der Waals surface area contributed by atoms with E-state index in [-0.39, 0.29) is 0 Å². The number of aromatic nitrogens is 2. The van der Waals surface area contributed by atoms with E-state index in [4.69, 9.17) is 17.4 Å². The fourth-order valence-corrected chi connectivity index (χ4v) is 3.83. The lowest BCUT2D eigenvalue weighted by Crippen LogP contribution is -2.31. The molecule has 0 unspecified atom stereocenters. The van der Waals surface area contributed by atoms with Gasteiger partial charge in [-0.1, -0.05) is 42.8 Å². The first-order valence-corrected chi connectivity index (χ1v) is 10.8. The number of nitrogens with zero attached hydrogens (tertiary/aromatic N) is 2. The van der Waals surface area contributed by atoms with Gasteiger partial charge in [0.15, 0.2) is 0 Å². The Morgan fingerprint density at radius 1 is 1.12 bits per heavy atom. The molecule has 32 heavy (non-hydrogen) atoms. The molecule has 0 radical (unpaired) electrons. The number of carbonyl (C=O) groups is 2. The maximum absolute atomic E-state index is 13.5. The van der Waals surface area contributed by atoms with Crippen LogP contribution < -0.4 is 16.6 Å². The molecule has 3 rings (SSSR count). The highest BCUT2D eigenvalue weighted by atomic mass is 35.5. The number of nitrogens with one attached hydrogen (secondary N) is 2. The Morgan fingerprint density at radius 3 is 2.41 bits per heavy atom. The summed E-state index contributed by atoms with van der Waals surface area (Å²) in [6.45, 7) is 9.83. The van der Waals surface area contributed by atoms with E-state index >= 15 is 0 Å². The molecule has 3 aromatic rings. The average Bonchev–Trinajstić information content (AvgIpc) is 3.20. The fraction of sp³-hybridized carbons (Fsp3) is 0.292. The van der Waals surface area contributed by atoms with E-state index in [1.165, 1.54) is 6.20 Å². The van der Waals surface area contributed by atoms with E-state index in [2.05, 4.69) is 15.8 Å². The van der Waals surface area contributed by atoms with Crippen molar-refractivity contribution in [2.45, 2.75) is 46.6 Å². The number of benzene rings is 2. The molecule has 0 saturated carbocycles. The lowest BCUT2D eigenvalue weighted by molar-refractivity contribution is 0.0954. The van der Waals surface area contributed by atoms with Gasteiger partial charge in [-0.3, -0.25) is 19.7 Å². The molecule has 1 heterocycles. The number of halogens is 1. The summed E-state index contributed by atoms with van der Waals surface area (Å²) in [5.41, 5.74) is 5.87. The summed E-state index contributed by atoms with van der Waals surface area (Å²) in [4.78, 5) is 25.9. The largest absolute Gasteiger partial charge is 0.321 e. The minimum absolute atomic E-state index is 0.306. The lowest BCUT2D eigenvalue weighted by atomic mass is 10.00. The maximum atomic E-state index is 13.5. The molecule has 2 amide bonds. The summed E-state index contributed by atoms with van der Waals surface area (Å²) in [6, 6.07) is 11.0. The van der Waals surface area contributed by atoms with Gasteiger partial charge in [0, 0.05) is 10.6 Å². The fourth-order valence-electron chi connectivity index (χ4n) is 3.61. The van der Waals surface area contributed by atoms with Crippen LogP contribution in [0.25, 0.3) is 11.3 Å². The standard InChI is InChI=1S/C24H28ClN5O2/c1-6-15-11-14(2)20(17(12-15)23(32)29-26)28-22(31)18-13-27-30(24(3,4)5)21(18)16-9-7-8-10-19(16)25/h7-13H,6,26H2,1-5H3,(H,28,31)(H,29,32). The molecule has 2 aromatic carbocycles. The molecule has 0 fully saturated rings. The van der Waals surface area contributed by atoms with E-state index in [1.54, 1.807) is 16.8 Å². The van der Waals surface area contributed by atoms with Gasteiger partial charge in [-0.15, -0.1) is 0 Å². The number of hydrogen-bond acceptors (Lipinski definition) is 4. The zero-order chi connectivity index (χ0) is 23.6. The van der Waals surface area contributed by atoms with Gasteiger partial charge in [0.25, 0.3) is 11.8 Å². The Morgan fingerprint density at radius 2 is 1.81 bits per heavy atom. The Hall–Kier alpha value is -3.16. The smallest absolute Gasteiger partial charge is 0.267 e. The van der Waals surface area contributed by atoms with Crippen molar-refractivity contribution in [3.8, 4) is 11.3 Å². The van der Waals surface area contributed by atoms with Crippen LogP contribution in [0.3, 0.4) is 0 Å². The van der Waals surface area contributed by atoms with Crippen LogP contribution in [0.5, 0.6) is 0 Å². The van der Waals surface area contributed by atoms with Crippen molar-refractivity contribution in [1.29, 1.82) is 0 Å². The molecule has 0 saturated heterocycles. The highest BCUT2D eigenvalue weighted by Crippen LogP contribution is 2.34. The molecule has 0 aliphatic carbocycles. The quantitative estimate of drug-likeness (QED) is 0.296. The van der Waals surface area contributed by atoms with Gasteiger partial charge in [-0.25, -0.2) is 5.84 Å². The van der Waals surface area contributed by atoms with Crippen molar-refractivity contribution < 1.29 is 9.59 Å². The number of carbonyl (C=O) groups excluding carboxylic acids is 2. The van der Waals surface area contributed by atoms with Gasteiger partial charge in [-0.2, -0.15) is 5.10 Å². The molecule has 4 N–H and O–H groups in total. The topological polar surface area (TPSA) is 102 Å². The molecule has 0 aliphatic rings. The minimum Gasteiger partial charge on any atom is -0.321 e. The summed E-state index contributed by atoms with van der Waals surface area (Å²) in [5, 5.41) is 7.91. The van der Waals surface area contributed by atoms with Crippen LogP contribution >= 0.6 is 11.6 Å². The Balaban J connectivity index is 2.14. The first-order valence-electron chi connectivity index (χ1n) is 10.4. The third-order valence-corrected chi connectivity index (χ3v) is 5.53. The molecule has 168 valence electrons. The van der Waals surface area contributed by atoms with Crippen molar-refractivity contribution >= 4 is 29.1 Å². The van der Waals surface area contributed by atoms with Gasteiger partial charge in [0.2, 0.25) is 0 Å². The Kier molecular flexibility index (Phi) is 6.71. The van der Waals surface area contributed by atoms with Gasteiger partial charge in [0.05, 0.1) is 34.2 Å². The molecule has 0 bridgehead atoms. The van der Waals surface area contributed by atoms with E-state index in [1.807, 2.05) is 58.9 Å². The molecule has 0 atom stereocenters. The third kappa shape index (κ3) is 4.54. The van der Waals surface area contributed by atoms with Crippen molar-refractivity contribution in [1.82, 2.24) is 15.2 Å². The Bertz CT molecular complexity index is 1180. The van der Waals surface area contributed by atoms with Gasteiger partial charge in [-0.05, 0) is 57.4 Å². The number of aryl methyl sites for hydroxylation is 2. The second-order valence-electron chi connectivity index (χ2n) is 8.59. The first kappa shape index (κ1) is 23.5. The van der Waals surface area contributed by atoms with Crippen LogP contribution in [-0.4, -0.2) is 21.6 Å². The molecule has 0 aliphatic heterocycles. The van der Waals surface area contributed by atoms with E-state index in [0.29, 0.717) is 33.1 Å². The highest BCUT2D eigenvalue weighted by Gasteiger charge is 2.27. The van der Waals surface area contributed by atoms with Crippen molar-refractivity contribution in [3.63, 3.8) is 0 Å². The van der Waals surface area contributed by atoms with Gasteiger partial charge < -0.3 is 5.32 Å². The van der Waals surface area contributed by atoms with Crippen LogP contribution in [-0.2, 0) is 12.0 Å². The number of nitrogens with two attached hydrogens (primary N) is 1. The van der Waals surface area contributed by atoms with Gasteiger partial charge in [0.1, 0.15) is 0 Å². The van der Waals surface area contributed by atoms with Crippen LogP contribution in [0.1, 0.15) is 59.5 Å². The summed E-state index contributed by atoms with van der Waals surface area (Å²) in [7, 11) is 0. The number of hydrogen-bond donors (Lipinski definition) is 3. The molecule has 0 spiro atoms. The zero-order valence-electron chi connectivity index (χ0n) is 18.9. The summed E-state index contributed by atoms with van der Waals surface area (Å²) in [6.07, 6.45) is 2.27. The SMILES string of the molecule is CCc1cc(C)c(NC(=O)c2cnn(C(C)(C)C)c2-c2ccccc2Cl)c(C(=O)NN)c1. The van der Waals surface area contributed by atoms with Crippen LogP contribution in [0.2, 0.25) is 5.02 Å². The third-order valence-electron chi connectivity index (χ3n) is 5.20. The molecule has 1 aromatic heterocycles. The maximum Gasteiger partial charge on any atom is 0.267 e. The Labute approximate surface area is 192 Å². The highest BCUT2D eigenvalue weighted by molar-refractivity contribution is 6.33. The van der Waals surface area contributed by atoms with Crippen molar-refractivity contribution in [3.05, 3.63) is 69.9 Å². The van der Waals surface area contributed by atoms with E-state index in [9.17, 15) is 9.59 Å². The van der Waals surface area contributed by atoms with Crippen molar-refractivity contribution in [2.24, 2.45) is 5.84 Å². The molecule has 7 nitrogen and oxygen atoms in total. The number of anilines is 1. The molecule has 8 heteroatoms. The van der Waals surface area contributed by atoms with Crippen molar-refractivity contribution in [2.75, 3.05) is 5.32 Å². The number of hydrazine groups is 1. The molecular formula is C24H28ClN5O2. The van der Waals surface area contributed by atoms with E-state index in [0.717, 1.165) is 17.5 Å². The predicted molar refractivity (Wildman–Crippen MR) is 128 cm³/mol. The number of amides is 2. The summed E-state index contributed by atoms with van der Waals surface area (Å²) >= 11 is 6.48. The number of rotatable bonds is 5. The second kappa shape index (κ2) is 9.14. The van der Waals surface area contributed by atoms with Crippen LogP contribution in [0.4, 0.5) is 5.69 Å². The summed E-state index contributed by atoms with van der Waals surface area (Å²) < 4.78 is 1.78. The second-order valence-corrected chi connectivity index (χ2v) is 8.99. The first-order chi connectivity index (χ1) is 15.1. The normalized spacial score (nSPS) is 11.3. The van der Waals surface area contributed by atoms with Gasteiger partial charge >= 0.3 is 0 Å². The summed E-state index contributed by atoms with van der Waals surface area (Å²) in [5.74, 6) is 4.51. The molecular weight excluding hydrogens is 426 g/mol.